The van der Waals surface area contributed by atoms with Gasteiger partial charge in [0.25, 0.3) is 0 Å². The number of carbonyl (C=O) groups is 2. The largest absolute Gasteiger partial charge is 0.478 e. The van der Waals surface area contributed by atoms with Crippen LogP contribution in [0.15, 0.2) is 30.3 Å². The third-order valence-corrected chi connectivity index (χ3v) is 4.88. The maximum absolute atomic E-state index is 15.2. The van der Waals surface area contributed by atoms with Crippen molar-refractivity contribution in [3.8, 4) is 11.1 Å². The predicted octanol–water partition coefficient (Wildman–Crippen LogP) is 5.20. The molecule has 2 rings (SSSR count). The number of ketones is 1. The lowest BCUT2D eigenvalue weighted by atomic mass is 9.95. The molecule has 6 heteroatoms. The fourth-order valence-electron chi connectivity index (χ4n) is 3.48. The van der Waals surface area contributed by atoms with Crippen molar-refractivity contribution in [1.29, 1.82) is 0 Å². The number of benzene rings is 2. The monoisotopic (exact) mass is 403 g/mol. The first-order chi connectivity index (χ1) is 13.8. The number of rotatable bonds is 10. The predicted molar refractivity (Wildman–Crippen MR) is 109 cm³/mol. The summed E-state index contributed by atoms with van der Waals surface area (Å²) in [4.78, 5) is 25.3. The third kappa shape index (κ3) is 5.48. The minimum absolute atomic E-state index is 0.00720. The van der Waals surface area contributed by atoms with Gasteiger partial charge in [-0.3, -0.25) is 4.79 Å². The van der Waals surface area contributed by atoms with Crippen LogP contribution in [0.5, 0.6) is 0 Å². The van der Waals surface area contributed by atoms with E-state index in [-0.39, 0.29) is 34.5 Å². The molecule has 156 valence electrons. The average Bonchev–Trinajstić information content (AvgIpc) is 2.67. The summed E-state index contributed by atoms with van der Waals surface area (Å²) in [6.07, 6.45) is 2.15. The Morgan fingerprint density at radius 1 is 0.966 bits per heavy atom. The summed E-state index contributed by atoms with van der Waals surface area (Å²) in [5.74, 6) is -2.96. The van der Waals surface area contributed by atoms with Gasteiger partial charge in [-0.1, -0.05) is 19.9 Å². The number of hydrogen-bond donors (Lipinski definition) is 1. The van der Waals surface area contributed by atoms with Gasteiger partial charge in [-0.2, -0.15) is 0 Å². The molecular formula is C23H27F2NO3. The highest BCUT2D eigenvalue weighted by atomic mass is 19.1. The zero-order valence-electron chi connectivity index (χ0n) is 17.1. The lowest BCUT2D eigenvalue weighted by Gasteiger charge is -2.21. The lowest BCUT2D eigenvalue weighted by Crippen LogP contribution is -2.28. The van der Waals surface area contributed by atoms with Crippen LogP contribution in [0.1, 0.15) is 59.9 Å². The lowest BCUT2D eigenvalue weighted by molar-refractivity contribution is 0.0692. The Balaban J connectivity index is 2.41. The molecule has 0 heterocycles. The van der Waals surface area contributed by atoms with Gasteiger partial charge < -0.3 is 10.0 Å². The molecule has 0 saturated heterocycles. The van der Waals surface area contributed by atoms with E-state index >= 15 is 4.39 Å². The van der Waals surface area contributed by atoms with Crippen molar-refractivity contribution in [2.24, 2.45) is 0 Å². The van der Waals surface area contributed by atoms with E-state index in [1.165, 1.54) is 37.3 Å². The molecule has 0 spiro atoms. The van der Waals surface area contributed by atoms with Crippen LogP contribution in [0, 0.1) is 11.6 Å². The molecule has 2 aromatic rings. The normalized spacial score (nSPS) is 11.1. The quantitative estimate of drug-likeness (QED) is 0.554. The molecule has 4 nitrogen and oxygen atoms in total. The van der Waals surface area contributed by atoms with E-state index in [0.717, 1.165) is 25.9 Å². The topological polar surface area (TPSA) is 57.6 Å². The molecule has 29 heavy (non-hydrogen) atoms. The summed E-state index contributed by atoms with van der Waals surface area (Å²) in [5.41, 5.74) is 0.269. The highest BCUT2D eigenvalue weighted by Gasteiger charge is 2.19. The molecule has 0 fully saturated rings. The maximum atomic E-state index is 15.2. The fraction of sp³-hybridized carbons (Fsp3) is 0.391. The van der Waals surface area contributed by atoms with Crippen LogP contribution >= 0.6 is 0 Å². The zero-order chi connectivity index (χ0) is 21.6. The van der Waals surface area contributed by atoms with Crippen molar-refractivity contribution >= 4 is 11.8 Å². The molecule has 2 aromatic carbocycles. The van der Waals surface area contributed by atoms with Crippen molar-refractivity contribution in [2.45, 2.75) is 40.0 Å². The van der Waals surface area contributed by atoms with E-state index in [4.69, 9.17) is 0 Å². The van der Waals surface area contributed by atoms with Crippen LogP contribution < -0.4 is 0 Å². The number of nitrogens with zero attached hydrogens (tertiary/aromatic N) is 1. The Labute approximate surface area is 170 Å². The Bertz CT molecular complexity index is 890. The third-order valence-electron chi connectivity index (χ3n) is 4.88. The maximum Gasteiger partial charge on any atom is 0.336 e. The Morgan fingerprint density at radius 2 is 1.62 bits per heavy atom. The summed E-state index contributed by atoms with van der Waals surface area (Å²) in [6, 6.07) is 6.63. The highest BCUT2D eigenvalue weighted by molar-refractivity contribution is 6.05. The highest BCUT2D eigenvalue weighted by Crippen LogP contribution is 2.29. The van der Waals surface area contributed by atoms with Gasteiger partial charge in [0, 0.05) is 23.2 Å². The van der Waals surface area contributed by atoms with Gasteiger partial charge in [-0.05, 0) is 69.1 Å². The number of carboxylic acid groups (broad SMARTS) is 1. The van der Waals surface area contributed by atoms with E-state index in [0.29, 0.717) is 12.1 Å². The molecule has 0 atom stereocenters. The summed E-state index contributed by atoms with van der Waals surface area (Å²) in [7, 11) is 0. The van der Waals surface area contributed by atoms with Crippen molar-refractivity contribution < 1.29 is 23.5 Å². The molecule has 0 aliphatic carbocycles. The second-order valence-electron chi connectivity index (χ2n) is 7.10. The smallest absolute Gasteiger partial charge is 0.336 e. The number of Topliss-reactive ketones (excluding diaryl/α,β-unsaturated/α-hetero) is 1. The van der Waals surface area contributed by atoms with E-state index in [2.05, 4.69) is 18.7 Å². The number of carboxylic acids is 1. The Hall–Kier alpha value is -2.60. The molecule has 0 unspecified atom stereocenters. The summed E-state index contributed by atoms with van der Waals surface area (Å²) < 4.78 is 29.5. The van der Waals surface area contributed by atoms with Crippen molar-refractivity contribution in [1.82, 2.24) is 4.90 Å². The second kappa shape index (κ2) is 10.3. The van der Waals surface area contributed by atoms with Crippen LogP contribution in [0.25, 0.3) is 11.1 Å². The number of hydrogen-bond acceptors (Lipinski definition) is 3. The minimum Gasteiger partial charge on any atom is -0.478 e. The van der Waals surface area contributed by atoms with Crippen LogP contribution in [0.4, 0.5) is 8.78 Å². The Kier molecular flexibility index (Phi) is 8.02. The average molecular weight is 403 g/mol. The number of carbonyl (C=O) groups excluding carboxylic acids is 1. The summed E-state index contributed by atoms with van der Waals surface area (Å²) in [6.45, 7) is 7.68. The molecule has 0 saturated carbocycles. The van der Waals surface area contributed by atoms with Gasteiger partial charge in [-0.15, -0.1) is 0 Å². The van der Waals surface area contributed by atoms with Crippen LogP contribution in [-0.4, -0.2) is 41.4 Å². The minimum atomic E-state index is -1.27. The molecule has 0 amide bonds. The van der Waals surface area contributed by atoms with Gasteiger partial charge in [0.2, 0.25) is 0 Å². The van der Waals surface area contributed by atoms with E-state index < -0.39 is 17.6 Å². The standard InChI is InChI=1S/C23H27F2NO3/c1-4-11-26(12-5-2)13-10-19-21(24)9-8-18(22(19)25)16-6-7-17(15(3)27)20(14-16)23(28)29/h6-9,14H,4-5,10-13H2,1-3H3,(H,28,29). The van der Waals surface area contributed by atoms with Gasteiger partial charge in [-0.25, -0.2) is 13.6 Å². The van der Waals surface area contributed by atoms with Crippen molar-refractivity contribution in [3.05, 3.63) is 58.7 Å². The van der Waals surface area contributed by atoms with Gasteiger partial charge >= 0.3 is 5.97 Å². The van der Waals surface area contributed by atoms with Crippen LogP contribution in [0.3, 0.4) is 0 Å². The van der Waals surface area contributed by atoms with E-state index in [1.54, 1.807) is 0 Å². The summed E-state index contributed by atoms with van der Waals surface area (Å²) in [5, 5.41) is 9.39. The SMILES string of the molecule is CCCN(CCC)CCc1c(F)ccc(-c2ccc(C(C)=O)c(C(=O)O)c2)c1F. The molecule has 0 bridgehead atoms. The zero-order valence-corrected chi connectivity index (χ0v) is 17.1. The molecule has 0 aliphatic heterocycles. The molecule has 1 N–H and O–H groups in total. The van der Waals surface area contributed by atoms with E-state index in [1.807, 2.05) is 0 Å². The first kappa shape index (κ1) is 22.7. The number of aromatic carboxylic acids is 1. The molecule has 0 aromatic heterocycles. The Morgan fingerprint density at radius 3 is 2.17 bits per heavy atom. The molecule has 0 radical (unpaired) electrons. The van der Waals surface area contributed by atoms with Gasteiger partial charge in [0.15, 0.2) is 5.78 Å². The number of halogens is 2. The van der Waals surface area contributed by atoms with Crippen molar-refractivity contribution in [3.63, 3.8) is 0 Å². The van der Waals surface area contributed by atoms with Crippen LogP contribution in [0.2, 0.25) is 0 Å². The molecule has 0 aliphatic rings. The summed E-state index contributed by atoms with van der Waals surface area (Å²) >= 11 is 0. The first-order valence-electron chi connectivity index (χ1n) is 9.87. The van der Waals surface area contributed by atoms with Gasteiger partial charge in [0.1, 0.15) is 11.6 Å². The fourth-order valence-corrected chi connectivity index (χ4v) is 3.48. The second-order valence-corrected chi connectivity index (χ2v) is 7.10. The van der Waals surface area contributed by atoms with Gasteiger partial charge in [0.05, 0.1) is 5.56 Å². The van der Waals surface area contributed by atoms with Crippen LogP contribution in [-0.2, 0) is 6.42 Å². The first-order valence-corrected chi connectivity index (χ1v) is 9.87. The van der Waals surface area contributed by atoms with E-state index in [9.17, 15) is 19.1 Å². The van der Waals surface area contributed by atoms with Crippen molar-refractivity contribution in [2.75, 3.05) is 19.6 Å². The molecular weight excluding hydrogens is 376 g/mol.